The summed E-state index contributed by atoms with van der Waals surface area (Å²) in [5.74, 6) is 0.614. The number of fused-ring (bicyclic) bond motifs is 1. The highest BCUT2D eigenvalue weighted by Gasteiger charge is 2.04. The van der Waals surface area contributed by atoms with Crippen molar-refractivity contribution < 1.29 is 4.79 Å². The van der Waals surface area contributed by atoms with Gasteiger partial charge >= 0.3 is 0 Å². The molecule has 0 saturated carbocycles. The Morgan fingerprint density at radius 1 is 1.33 bits per heavy atom. The fourth-order valence-electron chi connectivity index (χ4n) is 1.26. The van der Waals surface area contributed by atoms with Crippen LogP contribution in [0.3, 0.4) is 0 Å². The molecule has 1 aromatic carbocycles. The van der Waals surface area contributed by atoms with Crippen LogP contribution in [-0.4, -0.2) is 12.6 Å². The highest BCUT2D eigenvalue weighted by molar-refractivity contribution is 5.89. The third-order valence-corrected chi connectivity index (χ3v) is 1.91. The highest BCUT2D eigenvalue weighted by atomic mass is 16.1. The van der Waals surface area contributed by atoms with Gasteiger partial charge in [-0.25, -0.2) is 0 Å². The van der Waals surface area contributed by atoms with E-state index in [1.165, 1.54) is 0 Å². The number of benzene rings is 1. The SMILES string of the molecule is O=CNNC1=CN=Cc2ccccc2N1. The Labute approximate surface area is 86.9 Å². The van der Waals surface area contributed by atoms with Gasteiger partial charge in [-0.2, -0.15) is 0 Å². The van der Waals surface area contributed by atoms with Crippen molar-refractivity contribution in [3.05, 3.63) is 41.8 Å². The molecule has 2 rings (SSSR count). The maximum Gasteiger partial charge on any atom is 0.225 e. The average Bonchev–Trinajstić information content (AvgIpc) is 2.47. The molecule has 76 valence electrons. The lowest BCUT2D eigenvalue weighted by Gasteiger charge is -2.11. The van der Waals surface area contributed by atoms with E-state index in [-0.39, 0.29) is 0 Å². The van der Waals surface area contributed by atoms with Crippen LogP contribution in [0.5, 0.6) is 0 Å². The van der Waals surface area contributed by atoms with Crippen molar-refractivity contribution in [2.24, 2.45) is 4.99 Å². The summed E-state index contributed by atoms with van der Waals surface area (Å²) in [5, 5.41) is 3.10. The number of hydrazine groups is 1. The zero-order chi connectivity index (χ0) is 10.5. The van der Waals surface area contributed by atoms with Crippen LogP contribution in [0.4, 0.5) is 5.69 Å². The van der Waals surface area contributed by atoms with Crippen molar-refractivity contribution in [3.63, 3.8) is 0 Å². The van der Waals surface area contributed by atoms with Gasteiger partial charge in [-0.05, 0) is 6.07 Å². The molecule has 1 aliphatic heterocycles. The number of nitrogens with one attached hydrogen (secondary N) is 3. The quantitative estimate of drug-likeness (QED) is 0.496. The van der Waals surface area contributed by atoms with E-state index in [1.54, 1.807) is 12.4 Å². The molecule has 3 N–H and O–H groups in total. The minimum atomic E-state index is 0.559. The summed E-state index contributed by atoms with van der Waals surface area (Å²) < 4.78 is 0. The number of aliphatic imine (C=N–C) groups is 1. The molecule has 1 aromatic rings. The van der Waals surface area contributed by atoms with Crippen molar-refractivity contribution in [2.75, 3.05) is 5.32 Å². The number of hydrogen-bond donors (Lipinski definition) is 3. The molecule has 1 heterocycles. The molecule has 0 fully saturated rings. The fourth-order valence-corrected chi connectivity index (χ4v) is 1.26. The van der Waals surface area contributed by atoms with Gasteiger partial charge in [0.2, 0.25) is 6.41 Å². The number of carbonyl (C=O) groups excluding carboxylic acids is 1. The van der Waals surface area contributed by atoms with Crippen molar-refractivity contribution in [2.45, 2.75) is 0 Å². The number of anilines is 1. The first kappa shape index (κ1) is 9.26. The Kier molecular flexibility index (Phi) is 2.64. The maximum absolute atomic E-state index is 10.1. The monoisotopic (exact) mass is 202 g/mol. The van der Waals surface area contributed by atoms with Crippen molar-refractivity contribution in [3.8, 4) is 0 Å². The molecule has 5 nitrogen and oxygen atoms in total. The van der Waals surface area contributed by atoms with Gasteiger partial charge < -0.3 is 5.32 Å². The van der Waals surface area contributed by atoms with Gasteiger partial charge in [0, 0.05) is 17.5 Å². The van der Waals surface area contributed by atoms with E-state index in [2.05, 4.69) is 21.2 Å². The summed E-state index contributed by atoms with van der Waals surface area (Å²) in [5.41, 5.74) is 6.94. The van der Waals surface area contributed by atoms with E-state index < -0.39 is 0 Å². The van der Waals surface area contributed by atoms with E-state index in [0.717, 1.165) is 11.3 Å². The molecule has 1 aliphatic rings. The smallest absolute Gasteiger partial charge is 0.225 e. The third-order valence-electron chi connectivity index (χ3n) is 1.91. The van der Waals surface area contributed by atoms with Gasteiger partial charge in [0.05, 0.1) is 6.20 Å². The minimum Gasteiger partial charge on any atom is -0.339 e. The summed E-state index contributed by atoms with van der Waals surface area (Å²) in [6.45, 7) is 0. The molecule has 15 heavy (non-hydrogen) atoms. The molecule has 0 bridgehead atoms. The van der Waals surface area contributed by atoms with Gasteiger partial charge in [-0.3, -0.25) is 20.6 Å². The number of nitrogens with zero attached hydrogens (tertiary/aromatic N) is 1. The molecule has 0 aliphatic carbocycles. The zero-order valence-electron chi connectivity index (χ0n) is 7.90. The first-order valence-electron chi connectivity index (χ1n) is 4.45. The number of amides is 1. The van der Waals surface area contributed by atoms with E-state index >= 15 is 0 Å². The van der Waals surface area contributed by atoms with Gasteiger partial charge in [-0.15, -0.1) is 0 Å². The summed E-state index contributed by atoms with van der Waals surface area (Å²) in [6, 6.07) is 7.75. The van der Waals surface area contributed by atoms with Crippen LogP contribution >= 0.6 is 0 Å². The van der Waals surface area contributed by atoms with Gasteiger partial charge in [0.15, 0.2) is 0 Å². The van der Waals surface area contributed by atoms with Crippen LogP contribution in [-0.2, 0) is 4.79 Å². The Bertz CT molecular complexity index is 425. The summed E-state index contributed by atoms with van der Waals surface area (Å²) >= 11 is 0. The van der Waals surface area contributed by atoms with E-state index in [4.69, 9.17) is 0 Å². The van der Waals surface area contributed by atoms with Crippen LogP contribution in [0.2, 0.25) is 0 Å². The molecule has 0 saturated heterocycles. The molecular formula is C10H10N4O. The lowest BCUT2D eigenvalue weighted by molar-refractivity contribution is -0.110. The Morgan fingerprint density at radius 2 is 2.20 bits per heavy atom. The first-order valence-corrected chi connectivity index (χ1v) is 4.45. The lowest BCUT2D eigenvalue weighted by atomic mass is 10.2. The normalized spacial score (nSPS) is 12.9. The fraction of sp³-hybridized carbons (Fsp3) is 0. The van der Waals surface area contributed by atoms with Crippen LogP contribution in [0, 0.1) is 0 Å². The van der Waals surface area contributed by atoms with Crippen molar-refractivity contribution in [1.29, 1.82) is 0 Å². The molecule has 0 unspecified atom stereocenters. The third kappa shape index (κ3) is 2.14. The maximum atomic E-state index is 10.1. The lowest BCUT2D eigenvalue weighted by Crippen LogP contribution is -2.32. The van der Waals surface area contributed by atoms with Gasteiger partial charge in [0.1, 0.15) is 5.82 Å². The minimum absolute atomic E-state index is 0.559. The molecule has 0 spiro atoms. The zero-order valence-corrected chi connectivity index (χ0v) is 7.90. The number of hydrogen-bond acceptors (Lipinski definition) is 4. The predicted octanol–water partition coefficient (Wildman–Crippen LogP) is 0.580. The molecule has 0 atom stereocenters. The van der Waals surface area contributed by atoms with Crippen LogP contribution in [0.25, 0.3) is 0 Å². The summed E-state index contributed by atoms with van der Waals surface area (Å²) in [4.78, 5) is 14.2. The molecule has 1 amide bonds. The molecule has 0 radical (unpaired) electrons. The number of carbonyl (C=O) groups is 1. The largest absolute Gasteiger partial charge is 0.339 e. The summed E-state index contributed by atoms with van der Waals surface area (Å²) in [7, 11) is 0. The van der Waals surface area contributed by atoms with E-state index in [1.807, 2.05) is 24.3 Å². The van der Waals surface area contributed by atoms with E-state index in [0.29, 0.717) is 12.2 Å². The van der Waals surface area contributed by atoms with Crippen molar-refractivity contribution >= 4 is 18.3 Å². The second kappa shape index (κ2) is 4.28. The van der Waals surface area contributed by atoms with Gasteiger partial charge in [0.25, 0.3) is 0 Å². The van der Waals surface area contributed by atoms with Crippen LogP contribution < -0.4 is 16.2 Å². The van der Waals surface area contributed by atoms with Crippen LogP contribution in [0.1, 0.15) is 5.56 Å². The van der Waals surface area contributed by atoms with Crippen LogP contribution in [0.15, 0.2) is 41.3 Å². The van der Waals surface area contributed by atoms with Gasteiger partial charge in [-0.1, -0.05) is 18.2 Å². The second-order valence-corrected chi connectivity index (χ2v) is 2.92. The van der Waals surface area contributed by atoms with E-state index in [9.17, 15) is 4.79 Å². The Balaban J connectivity index is 2.19. The number of rotatable bonds is 3. The molecule has 0 aromatic heterocycles. The highest BCUT2D eigenvalue weighted by Crippen LogP contribution is 2.16. The topological polar surface area (TPSA) is 65.5 Å². The standard InChI is InChI=1S/C10H10N4O/c15-7-12-14-10-6-11-5-8-3-1-2-4-9(8)13-10/h1-7,13-14H,(H,12,15). The average molecular weight is 202 g/mol. The Morgan fingerprint density at radius 3 is 3.07 bits per heavy atom. The summed E-state index contributed by atoms with van der Waals surface area (Å²) in [6.07, 6.45) is 3.90. The Hall–Kier alpha value is -2.30. The molecular weight excluding hydrogens is 192 g/mol. The second-order valence-electron chi connectivity index (χ2n) is 2.92. The number of para-hydroxylation sites is 1. The molecule has 5 heteroatoms. The first-order chi connectivity index (χ1) is 7.40. The van der Waals surface area contributed by atoms with Crippen molar-refractivity contribution in [1.82, 2.24) is 10.9 Å². The predicted molar refractivity (Wildman–Crippen MR) is 58.1 cm³/mol.